The highest BCUT2D eigenvalue weighted by Gasteiger charge is 2.26. The monoisotopic (exact) mass is 205 g/mol. The van der Waals surface area contributed by atoms with E-state index in [-0.39, 0.29) is 0 Å². The van der Waals surface area contributed by atoms with Gasteiger partial charge in [0.05, 0.1) is 6.07 Å². The first-order valence-electron chi connectivity index (χ1n) is 5.28. The van der Waals surface area contributed by atoms with Crippen LogP contribution in [0.2, 0.25) is 0 Å². The van der Waals surface area contributed by atoms with Gasteiger partial charge < -0.3 is 4.90 Å². The number of piperazine rings is 1. The third-order valence-corrected chi connectivity index (χ3v) is 3.02. The lowest BCUT2D eigenvalue weighted by molar-refractivity contribution is 0.0889. The van der Waals surface area contributed by atoms with Crippen molar-refractivity contribution in [3.63, 3.8) is 0 Å². The van der Waals surface area contributed by atoms with E-state index >= 15 is 0 Å². The maximum Gasteiger partial charge on any atom is 0.0912 e. The molecule has 0 saturated carbocycles. The molecule has 1 aliphatic rings. The molecule has 0 spiro atoms. The second-order valence-electron chi connectivity index (χ2n) is 4.24. The van der Waals surface area contributed by atoms with E-state index in [2.05, 4.69) is 37.3 Å². The van der Waals surface area contributed by atoms with Crippen LogP contribution in [0, 0.1) is 11.3 Å². The highest BCUT2D eigenvalue weighted by molar-refractivity contribution is 5.20. The number of nitrogens with zero attached hydrogens (tertiary/aromatic N) is 3. The normalized spacial score (nSPS) is 28.0. The van der Waals surface area contributed by atoms with E-state index in [1.54, 1.807) is 6.08 Å². The average molecular weight is 205 g/mol. The zero-order valence-electron chi connectivity index (χ0n) is 9.77. The van der Waals surface area contributed by atoms with Crippen LogP contribution in [0.1, 0.15) is 13.8 Å². The number of rotatable bonds is 2. The molecule has 0 N–H and O–H groups in total. The van der Waals surface area contributed by atoms with Crippen molar-refractivity contribution >= 4 is 0 Å². The van der Waals surface area contributed by atoms with Crippen molar-refractivity contribution in [2.75, 3.05) is 20.1 Å². The molecule has 2 unspecified atom stereocenters. The van der Waals surface area contributed by atoms with Crippen LogP contribution in [-0.4, -0.2) is 42.0 Å². The number of hydrogen-bond donors (Lipinski definition) is 0. The minimum Gasteiger partial charge on any atom is -0.366 e. The van der Waals surface area contributed by atoms with Crippen LogP contribution < -0.4 is 0 Å². The van der Waals surface area contributed by atoms with Crippen LogP contribution in [0.15, 0.2) is 24.4 Å². The van der Waals surface area contributed by atoms with Gasteiger partial charge in [-0.15, -0.1) is 0 Å². The van der Waals surface area contributed by atoms with E-state index in [9.17, 15) is 0 Å². The number of allylic oxidation sites excluding steroid dienone is 2. The third kappa shape index (κ3) is 2.84. The molecular formula is C12H19N3. The first-order chi connectivity index (χ1) is 7.06. The van der Waals surface area contributed by atoms with Gasteiger partial charge in [0.25, 0.3) is 0 Å². The smallest absolute Gasteiger partial charge is 0.0912 e. The Morgan fingerprint density at radius 1 is 1.40 bits per heavy atom. The van der Waals surface area contributed by atoms with Crippen LogP contribution in [0.5, 0.6) is 0 Å². The van der Waals surface area contributed by atoms with Gasteiger partial charge in [0.1, 0.15) is 0 Å². The molecule has 3 nitrogen and oxygen atoms in total. The molecule has 1 rings (SSSR count). The van der Waals surface area contributed by atoms with Crippen LogP contribution in [0.25, 0.3) is 0 Å². The fraction of sp³-hybridized carbons (Fsp3) is 0.583. The van der Waals surface area contributed by atoms with Crippen LogP contribution in [-0.2, 0) is 0 Å². The van der Waals surface area contributed by atoms with Gasteiger partial charge in [-0.25, -0.2) is 0 Å². The summed E-state index contributed by atoms with van der Waals surface area (Å²) in [7, 11) is 2.15. The summed E-state index contributed by atoms with van der Waals surface area (Å²) < 4.78 is 0. The summed E-state index contributed by atoms with van der Waals surface area (Å²) in [5, 5.41) is 8.47. The van der Waals surface area contributed by atoms with Crippen molar-refractivity contribution in [1.29, 1.82) is 5.26 Å². The van der Waals surface area contributed by atoms with Gasteiger partial charge in [-0.2, -0.15) is 5.26 Å². The predicted octanol–water partition coefficient (Wildman–Crippen LogP) is 1.60. The van der Waals surface area contributed by atoms with Crippen molar-refractivity contribution in [1.82, 2.24) is 9.80 Å². The van der Waals surface area contributed by atoms with E-state index < -0.39 is 0 Å². The molecule has 0 bridgehead atoms. The molecule has 0 amide bonds. The fourth-order valence-corrected chi connectivity index (χ4v) is 1.93. The molecule has 0 aromatic heterocycles. The Morgan fingerprint density at radius 2 is 2.07 bits per heavy atom. The molecule has 2 atom stereocenters. The van der Waals surface area contributed by atoms with Crippen molar-refractivity contribution in [2.24, 2.45) is 0 Å². The topological polar surface area (TPSA) is 30.3 Å². The minimum atomic E-state index is 0.460. The Balaban J connectivity index is 2.66. The molecule has 0 aliphatic carbocycles. The molecule has 3 heteroatoms. The first-order valence-corrected chi connectivity index (χ1v) is 5.28. The van der Waals surface area contributed by atoms with E-state index in [0.717, 1.165) is 18.8 Å². The zero-order chi connectivity index (χ0) is 11.4. The molecule has 0 aromatic rings. The van der Waals surface area contributed by atoms with Gasteiger partial charge in [-0.05, 0) is 27.0 Å². The SMILES string of the molecule is C=C(/C=C/C#N)N1CC(C)N(C)CC1C. The summed E-state index contributed by atoms with van der Waals surface area (Å²) in [6.07, 6.45) is 3.27. The van der Waals surface area contributed by atoms with E-state index in [4.69, 9.17) is 5.26 Å². The van der Waals surface area contributed by atoms with Crippen molar-refractivity contribution in [3.8, 4) is 6.07 Å². The molecule has 1 aliphatic heterocycles. The summed E-state index contributed by atoms with van der Waals surface area (Å²) in [4.78, 5) is 4.61. The van der Waals surface area contributed by atoms with Crippen LogP contribution in [0.3, 0.4) is 0 Å². The summed E-state index contributed by atoms with van der Waals surface area (Å²) >= 11 is 0. The highest BCUT2D eigenvalue weighted by atomic mass is 15.3. The van der Waals surface area contributed by atoms with Crippen molar-refractivity contribution < 1.29 is 0 Å². The van der Waals surface area contributed by atoms with Crippen molar-refractivity contribution in [2.45, 2.75) is 25.9 Å². The lowest BCUT2D eigenvalue weighted by atomic mass is 10.1. The Bertz CT molecular complexity index is 300. The Labute approximate surface area is 92.3 Å². The summed E-state index contributed by atoms with van der Waals surface area (Å²) in [5.74, 6) is 0. The predicted molar refractivity (Wildman–Crippen MR) is 62.2 cm³/mol. The van der Waals surface area contributed by atoms with Crippen molar-refractivity contribution in [3.05, 3.63) is 24.4 Å². The Morgan fingerprint density at radius 3 is 2.67 bits per heavy atom. The maximum atomic E-state index is 8.47. The van der Waals surface area contributed by atoms with E-state index in [1.807, 2.05) is 6.07 Å². The summed E-state index contributed by atoms with van der Waals surface area (Å²) in [5.41, 5.74) is 0.934. The molecule has 0 radical (unpaired) electrons. The van der Waals surface area contributed by atoms with E-state index in [1.165, 1.54) is 6.08 Å². The number of likely N-dealkylation sites (N-methyl/N-ethyl adjacent to an activating group) is 1. The van der Waals surface area contributed by atoms with Gasteiger partial charge >= 0.3 is 0 Å². The quantitative estimate of drug-likeness (QED) is 0.507. The molecular weight excluding hydrogens is 186 g/mol. The fourth-order valence-electron chi connectivity index (χ4n) is 1.93. The standard InChI is InChI=1S/C12H19N3/c1-10(6-5-7-13)15-9-11(2)14(4)8-12(15)3/h5-6,11-12H,1,8-9H2,2-4H3/b6-5+. The van der Waals surface area contributed by atoms with Gasteiger partial charge in [0, 0.05) is 36.9 Å². The molecule has 82 valence electrons. The van der Waals surface area contributed by atoms with Crippen LogP contribution >= 0.6 is 0 Å². The van der Waals surface area contributed by atoms with Gasteiger partial charge in [-0.3, -0.25) is 4.90 Å². The molecule has 1 saturated heterocycles. The zero-order valence-corrected chi connectivity index (χ0v) is 9.77. The average Bonchev–Trinajstić information content (AvgIpc) is 2.20. The van der Waals surface area contributed by atoms with Gasteiger partial charge in [-0.1, -0.05) is 6.58 Å². The maximum absolute atomic E-state index is 8.47. The number of hydrogen-bond acceptors (Lipinski definition) is 3. The van der Waals surface area contributed by atoms with Gasteiger partial charge in [0.15, 0.2) is 0 Å². The highest BCUT2D eigenvalue weighted by Crippen LogP contribution is 2.18. The Kier molecular flexibility index (Phi) is 3.93. The molecule has 1 fully saturated rings. The molecule has 0 aromatic carbocycles. The molecule has 15 heavy (non-hydrogen) atoms. The lowest BCUT2D eigenvalue weighted by Gasteiger charge is -2.44. The largest absolute Gasteiger partial charge is 0.366 e. The van der Waals surface area contributed by atoms with Crippen LogP contribution in [0.4, 0.5) is 0 Å². The Hall–Kier alpha value is -1.27. The van der Waals surface area contributed by atoms with E-state index in [0.29, 0.717) is 12.1 Å². The lowest BCUT2D eigenvalue weighted by Crippen LogP contribution is -2.53. The molecule has 1 heterocycles. The first kappa shape index (κ1) is 11.8. The summed E-state index contributed by atoms with van der Waals surface area (Å²) in [6, 6.07) is 2.99. The second-order valence-corrected chi connectivity index (χ2v) is 4.24. The second kappa shape index (κ2) is 4.99. The minimum absolute atomic E-state index is 0.460. The third-order valence-electron chi connectivity index (χ3n) is 3.02. The summed E-state index contributed by atoms with van der Waals surface area (Å²) in [6.45, 7) is 10.4. The number of nitriles is 1. The van der Waals surface area contributed by atoms with Gasteiger partial charge in [0.2, 0.25) is 0 Å².